The van der Waals surface area contributed by atoms with Crippen LogP contribution in [0.4, 0.5) is 0 Å². The average molecular weight is 233 g/mol. The second-order valence-electron chi connectivity index (χ2n) is 3.81. The van der Waals surface area contributed by atoms with E-state index in [0.29, 0.717) is 19.8 Å². The molecule has 1 atom stereocenters. The van der Waals surface area contributed by atoms with Crippen molar-refractivity contribution in [2.24, 2.45) is 0 Å². The highest BCUT2D eigenvalue weighted by Crippen LogP contribution is 1.93. The van der Waals surface area contributed by atoms with E-state index in [0.717, 1.165) is 26.0 Å². The van der Waals surface area contributed by atoms with Crippen molar-refractivity contribution in [1.29, 1.82) is 0 Å². The molecule has 0 aliphatic heterocycles. The van der Waals surface area contributed by atoms with Gasteiger partial charge in [-0.2, -0.15) is 0 Å². The summed E-state index contributed by atoms with van der Waals surface area (Å²) in [6.07, 6.45) is 3.02. The van der Waals surface area contributed by atoms with E-state index in [1.807, 2.05) is 0 Å². The topological polar surface area (TPSA) is 50.7 Å². The number of hydrogen-bond acceptors (Lipinski definition) is 4. The molecule has 0 aromatic heterocycles. The third-order valence-electron chi connectivity index (χ3n) is 2.30. The van der Waals surface area contributed by atoms with E-state index >= 15 is 0 Å². The zero-order valence-electron chi connectivity index (χ0n) is 10.7. The highest BCUT2D eigenvalue weighted by molar-refractivity contribution is 4.64. The standard InChI is InChI=1S/C12H27NO3/c1-3-5-8-15-9-10-16-11-12(6-7-14)13-4-2/h12-14H,3-11H2,1-2H3. The summed E-state index contributed by atoms with van der Waals surface area (Å²) < 4.78 is 10.9. The summed E-state index contributed by atoms with van der Waals surface area (Å²) >= 11 is 0. The van der Waals surface area contributed by atoms with Gasteiger partial charge in [0, 0.05) is 19.3 Å². The van der Waals surface area contributed by atoms with E-state index in [4.69, 9.17) is 14.6 Å². The first kappa shape index (κ1) is 15.8. The normalized spacial score (nSPS) is 12.9. The molecular formula is C12H27NO3. The highest BCUT2D eigenvalue weighted by Gasteiger charge is 2.05. The molecule has 0 rings (SSSR count). The Labute approximate surface area is 99.3 Å². The first-order valence-electron chi connectivity index (χ1n) is 6.34. The zero-order valence-corrected chi connectivity index (χ0v) is 10.7. The Morgan fingerprint density at radius 1 is 1.12 bits per heavy atom. The van der Waals surface area contributed by atoms with Crippen molar-refractivity contribution in [2.45, 2.75) is 39.2 Å². The lowest BCUT2D eigenvalue weighted by molar-refractivity contribution is 0.0357. The molecule has 98 valence electrons. The highest BCUT2D eigenvalue weighted by atomic mass is 16.5. The summed E-state index contributed by atoms with van der Waals surface area (Å²) in [6.45, 7) is 8.08. The van der Waals surface area contributed by atoms with Gasteiger partial charge in [0.1, 0.15) is 0 Å². The van der Waals surface area contributed by atoms with Crippen LogP contribution in [0.15, 0.2) is 0 Å². The van der Waals surface area contributed by atoms with Crippen LogP contribution in [0.5, 0.6) is 0 Å². The second-order valence-corrected chi connectivity index (χ2v) is 3.81. The predicted molar refractivity (Wildman–Crippen MR) is 65.7 cm³/mol. The van der Waals surface area contributed by atoms with Gasteiger partial charge in [0.15, 0.2) is 0 Å². The number of rotatable bonds is 12. The smallest absolute Gasteiger partial charge is 0.0701 e. The van der Waals surface area contributed by atoms with Gasteiger partial charge in [-0.25, -0.2) is 0 Å². The monoisotopic (exact) mass is 233 g/mol. The summed E-state index contributed by atoms with van der Waals surface area (Å²) in [5, 5.41) is 12.1. The van der Waals surface area contributed by atoms with E-state index in [9.17, 15) is 0 Å². The Kier molecular flexibility index (Phi) is 12.8. The first-order chi connectivity index (χ1) is 7.85. The maximum Gasteiger partial charge on any atom is 0.0701 e. The zero-order chi connectivity index (χ0) is 12.1. The van der Waals surface area contributed by atoms with Gasteiger partial charge in [-0.15, -0.1) is 0 Å². The molecule has 0 heterocycles. The van der Waals surface area contributed by atoms with E-state index in [1.165, 1.54) is 6.42 Å². The molecule has 0 aliphatic rings. The number of likely N-dealkylation sites (N-methyl/N-ethyl adjacent to an activating group) is 1. The molecule has 0 aromatic carbocycles. The van der Waals surface area contributed by atoms with Crippen molar-refractivity contribution in [2.75, 3.05) is 39.6 Å². The lowest BCUT2D eigenvalue weighted by atomic mass is 10.2. The van der Waals surface area contributed by atoms with E-state index < -0.39 is 0 Å². The Balaban J connectivity index is 3.25. The fourth-order valence-corrected chi connectivity index (χ4v) is 1.38. The summed E-state index contributed by atoms with van der Waals surface area (Å²) in [7, 11) is 0. The Bertz CT molecular complexity index is 127. The third-order valence-corrected chi connectivity index (χ3v) is 2.30. The molecule has 0 bridgehead atoms. The maximum absolute atomic E-state index is 8.84. The fourth-order valence-electron chi connectivity index (χ4n) is 1.38. The molecule has 0 radical (unpaired) electrons. The quantitative estimate of drug-likeness (QED) is 0.497. The van der Waals surface area contributed by atoms with Gasteiger partial charge in [0.2, 0.25) is 0 Å². The average Bonchev–Trinajstić information content (AvgIpc) is 2.28. The van der Waals surface area contributed by atoms with Gasteiger partial charge in [0.25, 0.3) is 0 Å². The van der Waals surface area contributed by atoms with Crippen molar-refractivity contribution in [3.63, 3.8) is 0 Å². The van der Waals surface area contributed by atoms with Crippen LogP contribution in [-0.2, 0) is 9.47 Å². The Morgan fingerprint density at radius 2 is 1.88 bits per heavy atom. The minimum Gasteiger partial charge on any atom is -0.396 e. The lowest BCUT2D eigenvalue weighted by Gasteiger charge is -2.16. The van der Waals surface area contributed by atoms with Crippen LogP contribution in [0.1, 0.15) is 33.1 Å². The molecule has 0 fully saturated rings. The summed E-state index contributed by atoms with van der Waals surface area (Å²) in [6, 6.07) is 0.255. The van der Waals surface area contributed by atoms with Gasteiger partial charge in [-0.1, -0.05) is 20.3 Å². The first-order valence-corrected chi connectivity index (χ1v) is 6.34. The molecular weight excluding hydrogens is 206 g/mol. The van der Waals surface area contributed by atoms with E-state index in [2.05, 4.69) is 19.2 Å². The number of ether oxygens (including phenoxy) is 2. The third kappa shape index (κ3) is 10.4. The van der Waals surface area contributed by atoms with Crippen molar-refractivity contribution in [3.8, 4) is 0 Å². The number of unbranched alkanes of at least 4 members (excludes halogenated alkanes) is 1. The van der Waals surface area contributed by atoms with Crippen LogP contribution in [-0.4, -0.2) is 50.7 Å². The van der Waals surface area contributed by atoms with Crippen molar-refractivity contribution in [1.82, 2.24) is 5.32 Å². The minimum absolute atomic E-state index is 0.202. The number of aliphatic hydroxyl groups excluding tert-OH is 1. The van der Waals surface area contributed by atoms with Gasteiger partial charge in [-0.3, -0.25) is 0 Å². The molecule has 0 aromatic rings. The van der Waals surface area contributed by atoms with Gasteiger partial charge in [-0.05, 0) is 19.4 Å². The molecule has 1 unspecified atom stereocenters. The Morgan fingerprint density at radius 3 is 2.50 bits per heavy atom. The lowest BCUT2D eigenvalue weighted by Crippen LogP contribution is -2.34. The molecule has 4 nitrogen and oxygen atoms in total. The van der Waals surface area contributed by atoms with Crippen molar-refractivity contribution in [3.05, 3.63) is 0 Å². The fraction of sp³-hybridized carbons (Fsp3) is 1.00. The summed E-state index contributed by atoms with van der Waals surface area (Å²) in [5.41, 5.74) is 0. The van der Waals surface area contributed by atoms with Gasteiger partial charge in [0.05, 0.1) is 19.8 Å². The van der Waals surface area contributed by atoms with Crippen molar-refractivity contribution < 1.29 is 14.6 Å². The second kappa shape index (κ2) is 12.9. The molecule has 16 heavy (non-hydrogen) atoms. The minimum atomic E-state index is 0.202. The van der Waals surface area contributed by atoms with Crippen LogP contribution in [0.25, 0.3) is 0 Å². The number of nitrogens with one attached hydrogen (secondary N) is 1. The van der Waals surface area contributed by atoms with Crippen LogP contribution in [0, 0.1) is 0 Å². The van der Waals surface area contributed by atoms with Crippen LogP contribution in [0.2, 0.25) is 0 Å². The molecule has 0 amide bonds. The van der Waals surface area contributed by atoms with Crippen LogP contribution in [0.3, 0.4) is 0 Å². The maximum atomic E-state index is 8.84. The summed E-state index contributed by atoms with van der Waals surface area (Å²) in [5.74, 6) is 0. The number of hydrogen-bond donors (Lipinski definition) is 2. The van der Waals surface area contributed by atoms with Gasteiger partial charge < -0.3 is 19.9 Å². The van der Waals surface area contributed by atoms with Crippen LogP contribution < -0.4 is 5.32 Å². The molecule has 0 saturated carbocycles. The summed E-state index contributed by atoms with van der Waals surface area (Å²) in [4.78, 5) is 0. The molecule has 0 saturated heterocycles. The van der Waals surface area contributed by atoms with Gasteiger partial charge >= 0.3 is 0 Å². The predicted octanol–water partition coefficient (Wildman–Crippen LogP) is 1.18. The SMILES string of the molecule is CCCCOCCOCC(CCO)NCC. The molecule has 0 aliphatic carbocycles. The van der Waals surface area contributed by atoms with Crippen molar-refractivity contribution >= 4 is 0 Å². The Hall–Kier alpha value is -0.160. The molecule has 4 heteroatoms. The molecule has 2 N–H and O–H groups in total. The van der Waals surface area contributed by atoms with E-state index in [-0.39, 0.29) is 12.6 Å². The van der Waals surface area contributed by atoms with E-state index in [1.54, 1.807) is 0 Å². The van der Waals surface area contributed by atoms with Crippen LogP contribution >= 0.6 is 0 Å². The number of aliphatic hydroxyl groups is 1. The molecule has 0 spiro atoms. The largest absolute Gasteiger partial charge is 0.396 e.